The topological polar surface area (TPSA) is 17.8 Å². The molecule has 0 bridgehead atoms. The third kappa shape index (κ3) is 8.09. The fourth-order valence-electron chi connectivity index (χ4n) is 5.78. The maximum absolute atomic E-state index is 5.23. The summed E-state index contributed by atoms with van der Waals surface area (Å²) >= 11 is 0. The maximum Gasteiger partial charge on any atom is 0.0862 e. The first-order chi connectivity index (χ1) is 20.2. The molecule has 0 aliphatic rings. The van der Waals surface area contributed by atoms with E-state index in [-0.39, 0.29) is 0 Å². The summed E-state index contributed by atoms with van der Waals surface area (Å²) < 4.78 is 2.18. The maximum atomic E-state index is 5.23. The lowest BCUT2D eigenvalue weighted by Gasteiger charge is -2.16. The van der Waals surface area contributed by atoms with Crippen molar-refractivity contribution in [1.82, 2.24) is 9.78 Å². The van der Waals surface area contributed by atoms with E-state index in [1.165, 1.54) is 90.4 Å². The van der Waals surface area contributed by atoms with Crippen LogP contribution in [0.4, 0.5) is 0 Å². The van der Waals surface area contributed by atoms with Gasteiger partial charge in [-0.15, -0.1) is 0 Å². The number of hydrogen-bond donors (Lipinski definition) is 0. The van der Waals surface area contributed by atoms with Crippen molar-refractivity contribution in [1.29, 1.82) is 0 Å². The van der Waals surface area contributed by atoms with Crippen LogP contribution in [0.5, 0.6) is 0 Å². The van der Waals surface area contributed by atoms with Crippen molar-refractivity contribution >= 4 is 12.2 Å². The summed E-state index contributed by atoms with van der Waals surface area (Å²) in [5.41, 5.74) is 11.9. The summed E-state index contributed by atoms with van der Waals surface area (Å²) in [6.45, 7) is 9.12. The number of benzene rings is 3. The number of rotatable bonds is 16. The summed E-state index contributed by atoms with van der Waals surface area (Å²) in [7, 11) is 0. The van der Waals surface area contributed by atoms with Gasteiger partial charge in [-0.3, -0.25) is 0 Å². The highest BCUT2D eigenvalue weighted by Gasteiger charge is 2.18. The van der Waals surface area contributed by atoms with Crippen LogP contribution in [0.25, 0.3) is 29.1 Å². The van der Waals surface area contributed by atoms with Crippen molar-refractivity contribution in [2.24, 2.45) is 0 Å². The predicted molar refractivity (Wildman–Crippen MR) is 179 cm³/mol. The third-order valence-electron chi connectivity index (χ3n) is 8.13. The van der Waals surface area contributed by atoms with Gasteiger partial charge in [0.15, 0.2) is 0 Å². The van der Waals surface area contributed by atoms with Crippen LogP contribution in [-0.2, 0) is 25.7 Å². The lowest BCUT2D eigenvalue weighted by atomic mass is 9.91. The number of nitrogens with zero attached hydrogens (tertiary/aromatic N) is 2. The van der Waals surface area contributed by atoms with Crippen LogP contribution in [0.1, 0.15) is 113 Å². The van der Waals surface area contributed by atoms with Gasteiger partial charge < -0.3 is 0 Å². The number of aromatic nitrogens is 2. The minimum absolute atomic E-state index is 1.02. The molecule has 0 spiro atoms. The summed E-state index contributed by atoms with van der Waals surface area (Å²) in [4.78, 5) is 0. The Morgan fingerprint density at radius 1 is 0.561 bits per heavy atom. The van der Waals surface area contributed by atoms with E-state index in [2.05, 4.69) is 117 Å². The monoisotopic (exact) mass is 546 g/mol. The standard InChI is InChI=1S/C39H50N2/c1-5-9-18-31-22-16-23-32(19-10-6-2)37(31)29-28-35-30-38(41(40-35)36-26-14-13-15-27-36)39-33(20-11-7-3)24-17-25-34(39)21-12-8-4/h13-17,22-30H,5-12,18-21H2,1-4H3. The second-order valence-electron chi connectivity index (χ2n) is 11.4. The minimum Gasteiger partial charge on any atom is -0.232 e. The van der Waals surface area contributed by atoms with Crippen molar-refractivity contribution in [3.63, 3.8) is 0 Å². The van der Waals surface area contributed by atoms with Crippen LogP contribution in [0, 0.1) is 0 Å². The van der Waals surface area contributed by atoms with Gasteiger partial charge in [0, 0.05) is 5.56 Å². The van der Waals surface area contributed by atoms with Gasteiger partial charge in [-0.2, -0.15) is 5.10 Å². The Bertz CT molecular complexity index is 1320. The molecule has 0 fully saturated rings. The van der Waals surface area contributed by atoms with E-state index in [1.807, 2.05) is 0 Å². The fraction of sp³-hybridized carbons (Fsp3) is 0.410. The van der Waals surface area contributed by atoms with Gasteiger partial charge in [-0.25, -0.2) is 4.68 Å². The molecule has 216 valence electrons. The molecule has 0 saturated carbocycles. The molecule has 4 rings (SSSR count). The molecule has 1 heterocycles. The van der Waals surface area contributed by atoms with Crippen LogP contribution in [0.15, 0.2) is 72.8 Å². The Kier molecular flexibility index (Phi) is 12.0. The van der Waals surface area contributed by atoms with Crippen molar-refractivity contribution in [3.05, 3.63) is 106 Å². The van der Waals surface area contributed by atoms with E-state index in [4.69, 9.17) is 5.10 Å². The lowest BCUT2D eigenvalue weighted by Crippen LogP contribution is -2.04. The highest BCUT2D eigenvalue weighted by Crippen LogP contribution is 2.33. The molecule has 0 aliphatic heterocycles. The van der Waals surface area contributed by atoms with Crippen molar-refractivity contribution in [2.45, 2.75) is 105 Å². The van der Waals surface area contributed by atoms with Crippen LogP contribution >= 0.6 is 0 Å². The van der Waals surface area contributed by atoms with Gasteiger partial charge in [0.2, 0.25) is 0 Å². The number of para-hydroxylation sites is 1. The third-order valence-corrected chi connectivity index (χ3v) is 8.13. The van der Waals surface area contributed by atoms with Crippen LogP contribution in [0.2, 0.25) is 0 Å². The van der Waals surface area contributed by atoms with E-state index in [1.54, 1.807) is 0 Å². The van der Waals surface area contributed by atoms with Gasteiger partial charge in [0.25, 0.3) is 0 Å². The van der Waals surface area contributed by atoms with Crippen molar-refractivity contribution < 1.29 is 0 Å². The molecule has 0 unspecified atom stereocenters. The molecule has 0 aliphatic carbocycles. The van der Waals surface area contributed by atoms with Crippen molar-refractivity contribution in [2.75, 3.05) is 0 Å². The van der Waals surface area contributed by atoms with E-state index in [0.717, 1.165) is 37.1 Å². The van der Waals surface area contributed by atoms with E-state index in [9.17, 15) is 0 Å². The molecular weight excluding hydrogens is 496 g/mol. The Morgan fingerprint density at radius 2 is 1.05 bits per heavy atom. The van der Waals surface area contributed by atoms with Gasteiger partial charge >= 0.3 is 0 Å². The fourth-order valence-corrected chi connectivity index (χ4v) is 5.78. The Hall–Kier alpha value is -3.39. The molecule has 2 nitrogen and oxygen atoms in total. The first-order valence-corrected chi connectivity index (χ1v) is 16.3. The molecule has 2 heteroatoms. The van der Waals surface area contributed by atoms with Gasteiger partial charge in [-0.1, -0.05) is 114 Å². The summed E-state index contributed by atoms with van der Waals surface area (Å²) in [5, 5.41) is 5.23. The number of aryl methyl sites for hydroxylation is 4. The Morgan fingerprint density at radius 3 is 1.56 bits per heavy atom. The van der Waals surface area contributed by atoms with E-state index in [0.29, 0.717) is 0 Å². The van der Waals surface area contributed by atoms with Crippen LogP contribution in [0.3, 0.4) is 0 Å². The molecule has 4 aromatic rings. The molecule has 0 atom stereocenters. The smallest absolute Gasteiger partial charge is 0.0862 e. The molecule has 0 N–H and O–H groups in total. The molecular formula is C39H50N2. The average Bonchev–Trinajstić information content (AvgIpc) is 3.44. The first kappa shape index (κ1) is 30.6. The first-order valence-electron chi connectivity index (χ1n) is 16.3. The van der Waals surface area contributed by atoms with Crippen molar-refractivity contribution in [3.8, 4) is 16.9 Å². The van der Waals surface area contributed by atoms with Gasteiger partial charge in [0.05, 0.1) is 17.1 Å². The molecule has 0 amide bonds. The number of unbranched alkanes of at least 4 members (excludes halogenated alkanes) is 4. The normalized spacial score (nSPS) is 11.5. The molecule has 0 saturated heterocycles. The van der Waals surface area contributed by atoms with Gasteiger partial charge in [0.1, 0.15) is 0 Å². The number of hydrogen-bond acceptors (Lipinski definition) is 1. The largest absolute Gasteiger partial charge is 0.232 e. The van der Waals surface area contributed by atoms with E-state index >= 15 is 0 Å². The summed E-state index contributed by atoms with van der Waals surface area (Å²) in [6, 6.07) is 26.8. The second-order valence-corrected chi connectivity index (χ2v) is 11.4. The van der Waals surface area contributed by atoms with E-state index < -0.39 is 0 Å². The minimum atomic E-state index is 1.02. The zero-order valence-corrected chi connectivity index (χ0v) is 26.0. The molecule has 3 aromatic carbocycles. The summed E-state index contributed by atoms with van der Waals surface area (Å²) in [5.74, 6) is 0. The summed E-state index contributed by atoms with van der Waals surface area (Å²) in [6.07, 6.45) is 18.7. The lowest BCUT2D eigenvalue weighted by molar-refractivity contribution is 0.778. The van der Waals surface area contributed by atoms with Crippen LogP contribution in [-0.4, -0.2) is 9.78 Å². The average molecular weight is 547 g/mol. The molecule has 0 radical (unpaired) electrons. The molecule has 41 heavy (non-hydrogen) atoms. The second kappa shape index (κ2) is 16.2. The predicted octanol–water partition coefficient (Wildman–Crippen LogP) is 11.1. The van der Waals surface area contributed by atoms with Crippen LogP contribution < -0.4 is 0 Å². The Labute approximate surface area is 249 Å². The highest BCUT2D eigenvalue weighted by molar-refractivity contribution is 5.76. The Balaban J connectivity index is 1.84. The van der Waals surface area contributed by atoms with Gasteiger partial charge in [-0.05, 0) is 103 Å². The SMILES string of the molecule is CCCCc1cccc(CCCC)c1C=Cc1cc(-c2c(CCCC)cccc2CCCC)n(-c2ccccc2)n1. The zero-order chi connectivity index (χ0) is 28.9. The zero-order valence-electron chi connectivity index (χ0n) is 26.0. The molecule has 1 aromatic heterocycles. The highest BCUT2D eigenvalue weighted by atomic mass is 15.3. The quantitative estimate of drug-likeness (QED) is 0.137.